The van der Waals surface area contributed by atoms with Gasteiger partial charge in [0.2, 0.25) is 5.91 Å². The molecule has 0 aromatic carbocycles. The van der Waals surface area contributed by atoms with Crippen LogP contribution in [0.3, 0.4) is 0 Å². The predicted octanol–water partition coefficient (Wildman–Crippen LogP) is 1.33. The minimum atomic E-state index is -0.126. The smallest absolute Gasteiger partial charge is 0.247 e. The minimum Gasteiger partial charge on any atom is -0.293 e. The Labute approximate surface area is 93.6 Å². The molecule has 1 rings (SSSR count). The number of nitrogens with two attached hydrogens (primary N) is 1. The van der Waals surface area contributed by atoms with E-state index in [0.717, 1.165) is 17.7 Å². The van der Waals surface area contributed by atoms with Crippen LogP contribution in [0.25, 0.3) is 0 Å². The third kappa shape index (κ3) is 3.89. The first kappa shape index (κ1) is 12.0. The zero-order valence-electron chi connectivity index (χ0n) is 8.64. The van der Waals surface area contributed by atoms with E-state index in [4.69, 9.17) is 5.84 Å². The first-order chi connectivity index (χ1) is 7.27. The molecule has 0 aliphatic rings. The van der Waals surface area contributed by atoms with E-state index in [1.54, 1.807) is 12.4 Å². The summed E-state index contributed by atoms with van der Waals surface area (Å²) in [5.41, 5.74) is 2.19. The van der Waals surface area contributed by atoms with Crippen LogP contribution in [-0.4, -0.2) is 16.1 Å². The average molecular weight is 225 g/mol. The van der Waals surface area contributed by atoms with Crippen LogP contribution >= 0.6 is 11.8 Å². The van der Waals surface area contributed by atoms with Crippen LogP contribution in [0.2, 0.25) is 0 Å². The second kappa shape index (κ2) is 6.42. The molecule has 1 amide bonds. The number of carbonyl (C=O) groups is 1. The summed E-state index contributed by atoms with van der Waals surface area (Å²) in [6, 6.07) is 3.77. The summed E-state index contributed by atoms with van der Waals surface area (Å²) in [6.07, 6.45) is 5.20. The van der Waals surface area contributed by atoms with Crippen LogP contribution in [0.4, 0.5) is 0 Å². The van der Waals surface area contributed by atoms with Crippen LogP contribution in [-0.2, 0) is 4.79 Å². The van der Waals surface area contributed by atoms with Crippen molar-refractivity contribution in [3.63, 3.8) is 0 Å². The Bertz CT molecular complexity index is 305. The summed E-state index contributed by atoms with van der Waals surface area (Å²) in [5, 5.41) is -0.123. The number of nitrogens with one attached hydrogen (secondary N) is 1. The monoisotopic (exact) mass is 225 g/mol. The molecule has 0 spiro atoms. The Morgan fingerprint density at radius 2 is 2.27 bits per heavy atom. The summed E-state index contributed by atoms with van der Waals surface area (Å²) in [4.78, 5) is 16.4. The number of nitrogens with zero attached hydrogens (tertiary/aromatic N) is 1. The summed E-state index contributed by atoms with van der Waals surface area (Å²) in [6.45, 7) is 2.05. The Balaban J connectivity index is 2.62. The molecule has 0 aliphatic carbocycles. The number of pyridine rings is 1. The molecular formula is C10H15N3OS. The van der Waals surface area contributed by atoms with Gasteiger partial charge < -0.3 is 0 Å². The molecule has 0 bridgehead atoms. The zero-order valence-corrected chi connectivity index (χ0v) is 9.46. The van der Waals surface area contributed by atoms with Crippen LogP contribution in [0.1, 0.15) is 19.8 Å². The Morgan fingerprint density at radius 1 is 1.60 bits per heavy atom. The molecule has 0 fully saturated rings. The standard InChI is InChI=1S/C10H15N3OS/c1-2-3-9(10(14)13-11)15-8-4-6-12-7-5-8/h4-7,9H,2-3,11H2,1H3,(H,13,14). The fourth-order valence-electron chi connectivity index (χ4n) is 1.18. The lowest BCUT2D eigenvalue weighted by molar-refractivity contribution is -0.120. The van der Waals surface area contributed by atoms with Crippen LogP contribution in [0, 0.1) is 0 Å². The molecule has 1 aromatic rings. The van der Waals surface area contributed by atoms with Gasteiger partial charge in [0.05, 0.1) is 5.25 Å². The van der Waals surface area contributed by atoms with E-state index in [1.165, 1.54) is 11.8 Å². The van der Waals surface area contributed by atoms with Gasteiger partial charge in [-0.15, -0.1) is 11.8 Å². The largest absolute Gasteiger partial charge is 0.293 e. The molecule has 5 heteroatoms. The third-order valence-electron chi connectivity index (χ3n) is 1.91. The van der Waals surface area contributed by atoms with E-state index in [9.17, 15) is 4.79 Å². The fraction of sp³-hybridized carbons (Fsp3) is 0.400. The maximum atomic E-state index is 11.4. The molecule has 0 saturated carbocycles. The lowest BCUT2D eigenvalue weighted by atomic mass is 10.2. The van der Waals surface area contributed by atoms with Crippen molar-refractivity contribution in [2.24, 2.45) is 5.84 Å². The second-order valence-electron chi connectivity index (χ2n) is 3.09. The lowest BCUT2D eigenvalue weighted by Crippen LogP contribution is -2.37. The van der Waals surface area contributed by atoms with Gasteiger partial charge in [-0.1, -0.05) is 13.3 Å². The molecule has 1 heterocycles. The molecule has 0 aliphatic heterocycles. The molecule has 0 saturated heterocycles. The van der Waals surface area contributed by atoms with Crippen molar-refractivity contribution in [3.05, 3.63) is 24.5 Å². The average Bonchev–Trinajstić information content (AvgIpc) is 2.29. The Hall–Kier alpha value is -1.07. The SMILES string of the molecule is CCCC(Sc1ccncc1)C(=O)NN. The van der Waals surface area contributed by atoms with Crippen molar-refractivity contribution < 1.29 is 4.79 Å². The molecule has 0 radical (unpaired) electrons. The van der Waals surface area contributed by atoms with E-state index >= 15 is 0 Å². The molecule has 1 aromatic heterocycles. The molecule has 15 heavy (non-hydrogen) atoms. The van der Waals surface area contributed by atoms with Crippen molar-refractivity contribution in [2.75, 3.05) is 0 Å². The number of hydrogen-bond acceptors (Lipinski definition) is 4. The quantitative estimate of drug-likeness (QED) is 0.343. The highest BCUT2D eigenvalue weighted by Gasteiger charge is 2.17. The molecule has 1 unspecified atom stereocenters. The van der Waals surface area contributed by atoms with Crippen LogP contribution in [0.15, 0.2) is 29.4 Å². The number of hydrazine groups is 1. The van der Waals surface area contributed by atoms with Gasteiger partial charge in [-0.2, -0.15) is 0 Å². The van der Waals surface area contributed by atoms with Gasteiger partial charge >= 0.3 is 0 Å². The summed E-state index contributed by atoms with van der Waals surface area (Å²) < 4.78 is 0. The van der Waals surface area contributed by atoms with Crippen molar-refractivity contribution in [1.29, 1.82) is 0 Å². The highest BCUT2D eigenvalue weighted by Crippen LogP contribution is 2.25. The van der Waals surface area contributed by atoms with Gasteiger partial charge in [-0.3, -0.25) is 15.2 Å². The molecule has 82 valence electrons. The summed E-state index contributed by atoms with van der Waals surface area (Å²) in [5.74, 6) is 5.01. The summed E-state index contributed by atoms with van der Waals surface area (Å²) in [7, 11) is 0. The number of aromatic nitrogens is 1. The number of thioether (sulfide) groups is 1. The van der Waals surface area contributed by atoms with E-state index in [0.29, 0.717) is 0 Å². The van der Waals surface area contributed by atoms with Gasteiger partial charge in [-0.25, -0.2) is 5.84 Å². The summed E-state index contributed by atoms with van der Waals surface area (Å²) >= 11 is 1.51. The first-order valence-corrected chi connectivity index (χ1v) is 5.73. The van der Waals surface area contributed by atoms with Gasteiger partial charge in [0, 0.05) is 17.3 Å². The second-order valence-corrected chi connectivity index (χ2v) is 4.36. The maximum absolute atomic E-state index is 11.4. The van der Waals surface area contributed by atoms with Gasteiger partial charge in [0.1, 0.15) is 0 Å². The van der Waals surface area contributed by atoms with E-state index in [1.807, 2.05) is 19.1 Å². The number of amides is 1. The molecule has 3 N–H and O–H groups in total. The van der Waals surface area contributed by atoms with E-state index < -0.39 is 0 Å². The normalized spacial score (nSPS) is 12.1. The predicted molar refractivity (Wildman–Crippen MR) is 61.1 cm³/mol. The van der Waals surface area contributed by atoms with Gasteiger partial charge in [0.25, 0.3) is 0 Å². The minimum absolute atomic E-state index is 0.123. The topological polar surface area (TPSA) is 68.0 Å². The number of rotatable bonds is 5. The highest BCUT2D eigenvalue weighted by molar-refractivity contribution is 8.00. The third-order valence-corrected chi connectivity index (χ3v) is 3.19. The molecule has 4 nitrogen and oxygen atoms in total. The van der Waals surface area contributed by atoms with Crippen LogP contribution in [0.5, 0.6) is 0 Å². The highest BCUT2D eigenvalue weighted by atomic mass is 32.2. The number of hydrogen-bond donors (Lipinski definition) is 2. The zero-order chi connectivity index (χ0) is 11.1. The van der Waals surface area contributed by atoms with Crippen molar-refractivity contribution >= 4 is 17.7 Å². The van der Waals surface area contributed by atoms with E-state index in [2.05, 4.69) is 10.4 Å². The Kier molecular flexibility index (Phi) is 5.14. The molecular weight excluding hydrogens is 210 g/mol. The van der Waals surface area contributed by atoms with E-state index in [-0.39, 0.29) is 11.2 Å². The van der Waals surface area contributed by atoms with Crippen molar-refractivity contribution in [1.82, 2.24) is 10.4 Å². The Morgan fingerprint density at radius 3 is 2.80 bits per heavy atom. The maximum Gasteiger partial charge on any atom is 0.247 e. The fourth-order valence-corrected chi connectivity index (χ4v) is 2.32. The van der Waals surface area contributed by atoms with Crippen molar-refractivity contribution in [3.8, 4) is 0 Å². The van der Waals surface area contributed by atoms with Gasteiger partial charge in [0.15, 0.2) is 0 Å². The molecule has 1 atom stereocenters. The van der Waals surface area contributed by atoms with Gasteiger partial charge in [-0.05, 0) is 18.6 Å². The van der Waals surface area contributed by atoms with Crippen LogP contribution < -0.4 is 11.3 Å². The lowest BCUT2D eigenvalue weighted by Gasteiger charge is -2.13. The number of carbonyl (C=O) groups excluding carboxylic acids is 1. The first-order valence-electron chi connectivity index (χ1n) is 4.85. The van der Waals surface area contributed by atoms with Crippen molar-refractivity contribution in [2.45, 2.75) is 29.9 Å².